The molecular formula is C24H25ClN6O. The topological polar surface area (TPSA) is 88.9 Å². The number of H-pyrrole nitrogens is 1. The van der Waals surface area contributed by atoms with E-state index in [1.165, 1.54) is 0 Å². The number of piperidine rings is 1. The molecule has 2 aliphatic heterocycles. The highest BCUT2D eigenvalue weighted by atomic mass is 35.5. The second-order valence-corrected chi connectivity index (χ2v) is 9.33. The summed E-state index contributed by atoms with van der Waals surface area (Å²) in [5.74, 6) is 0.364. The maximum absolute atomic E-state index is 13.4. The number of hydrogen-bond donors (Lipinski definition) is 1. The standard InChI is InChI=1S/C24H25ClN6O/c1-14-12-30(23-19-9-17(25)3-4-22(19)28-15(2)20(23)10-26)7-5-18(14)24(32)31-8-6-21-16(13-31)11-27-29-21/h3-4,9,11,14,18H,5-8,12-13H2,1-2H3,(H,27,29)/t14-,18+/m1/s1. The number of hydrogen-bond acceptors (Lipinski definition) is 5. The maximum atomic E-state index is 13.4. The van der Waals surface area contributed by atoms with E-state index < -0.39 is 0 Å². The molecule has 0 saturated carbocycles. The molecule has 2 aromatic heterocycles. The lowest BCUT2D eigenvalue weighted by Crippen LogP contribution is -2.48. The Kier molecular flexibility index (Phi) is 5.26. The van der Waals surface area contributed by atoms with Gasteiger partial charge in [0.25, 0.3) is 0 Å². The second-order valence-electron chi connectivity index (χ2n) is 8.90. The fraction of sp³-hybridized carbons (Fsp3) is 0.417. The summed E-state index contributed by atoms with van der Waals surface area (Å²) in [5.41, 5.74) is 5.27. The number of anilines is 1. The molecule has 0 radical (unpaired) electrons. The molecule has 1 saturated heterocycles. The van der Waals surface area contributed by atoms with Crippen LogP contribution in [-0.4, -0.2) is 45.6 Å². The minimum Gasteiger partial charge on any atom is -0.370 e. The zero-order chi connectivity index (χ0) is 22.4. The lowest BCUT2D eigenvalue weighted by molar-refractivity contribution is -0.138. The number of carbonyl (C=O) groups is 1. The number of nitrogens with zero attached hydrogens (tertiary/aromatic N) is 5. The van der Waals surface area contributed by atoms with Crippen molar-refractivity contribution in [1.29, 1.82) is 5.26 Å². The first-order chi connectivity index (χ1) is 15.5. The molecule has 2 atom stereocenters. The van der Waals surface area contributed by atoms with Gasteiger partial charge in [-0.1, -0.05) is 18.5 Å². The molecule has 1 aromatic carbocycles. The molecule has 2 aliphatic rings. The summed E-state index contributed by atoms with van der Waals surface area (Å²) in [5, 5.41) is 18.5. The minimum atomic E-state index is -0.0250. The van der Waals surface area contributed by atoms with Gasteiger partial charge in [-0.05, 0) is 37.5 Å². The first kappa shape index (κ1) is 20.8. The van der Waals surface area contributed by atoms with Gasteiger partial charge in [0, 0.05) is 60.2 Å². The zero-order valence-electron chi connectivity index (χ0n) is 18.2. The Morgan fingerprint density at radius 1 is 1.34 bits per heavy atom. The highest BCUT2D eigenvalue weighted by Crippen LogP contribution is 2.37. The maximum Gasteiger partial charge on any atom is 0.226 e. The average Bonchev–Trinajstić information content (AvgIpc) is 3.26. The van der Waals surface area contributed by atoms with Crippen LogP contribution in [0.2, 0.25) is 5.02 Å². The van der Waals surface area contributed by atoms with E-state index in [0.29, 0.717) is 35.9 Å². The average molecular weight is 449 g/mol. The molecule has 1 fully saturated rings. The summed E-state index contributed by atoms with van der Waals surface area (Å²) in [4.78, 5) is 22.2. The molecule has 0 spiro atoms. The highest BCUT2D eigenvalue weighted by molar-refractivity contribution is 6.31. The van der Waals surface area contributed by atoms with E-state index in [4.69, 9.17) is 11.6 Å². The summed E-state index contributed by atoms with van der Waals surface area (Å²) in [6.07, 6.45) is 3.40. The fourth-order valence-corrected chi connectivity index (χ4v) is 5.33. The fourth-order valence-electron chi connectivity index (χ4n) is 5.16. The summed E-state index contributed by atoms with van der Waals surface area (Å²) in [7, 11) is 0. The second kappa shape index (κ2) is 8.10. The van der Waals surface area contributed by atoms with E-state index in [1.54, 1.807) is 0 Å². The van der Waals surface area contributed by atoms with Crippen molar-refractivity contribution in [2.45, 2.75) is 33.2 Å². The van der Waals surface area contributed by atoms with Crippen LogP contribution < -0.4 is 4.90 Å². The first-order valence-electron chi connectivity index (χ1n) is 11.0. The number of aromatic amines is 1. The van der Waals surface area contributed by atoms with Crippen LogP contribution in [0, 0.1) is 30.1 Å². The molecule has 0 aliphatic carbocycles. The number of aryl methyl sites for hydroxylation is 1. The number of benzene rings is 1. The van der Waals surface area contributed by atoms with Gasteiger partial charge in [0.1, 0.15) is 6.07 Å². The van der Waals surface area contributed by atoms with E-state index >= 15 is 0 Å². The molecule has 3 aromatic rings. The van der Waals surface area contributed by atoms with Crippen LogP contribution in [0.3, 0.4) is 0 Å². The van der Waals surface area contributed by atoms with Gasteiger partial charge < -0.3 is 9.80 Å². The number of rotatable bonds is 2. The first-order valence-corrected chi connectivity index (χ1v) is 11.4. The predicted octanol–water partition coefficient (Wildman–Crippen LogP) is 3.84. The van der Waals surface area contributed by atoms with Crippen LogP contribution in [0.5, 0.6) is 0 Å². The molecule has 32 heavy (non-hydrogen) atoms. The van der Waals surface area contributed by atoms with Crippen LogP contribution in [0.15, 0.2) is 24.4 Å². The SMILES string of the molecule is Cc1nc2ccc(Cl)cc2c(N2CC[C@H](C(=O)N3CCc4[nH]ncc4C3)[C@H](C)C2)c1C#N. The molecular weight excluding hydrogens is 424 g/mol. The number of nitrogens with one attached hydrogen (secondary N) is 1. The quantitative estimate of drug-likeness (QED) is 0.643. The number of amides is 1. The van der Waals surface area contributed by atoms with Crippen molar-refractivity contribution < 1.29 is 4.79 Å². The number of fused-ring (bicyclic) bond motifs is 2. The minimum absolute atomic E-state index is 0.0250. The molecule has 4 heterocycles. The van der Waals surface area contributed by atoms with Gasteiger partial charge in [-0.25, -0.2) is 0 Å². The zero-order valence-corrected chi connectivity index (χ0v) is 19.0. The lowest BCUT2D eigenvalue weighted by Gasteiger charge is -2.40. The third-order valence-electron chi connectivity index (χ3n) is 6.86. The Balaban J connectivity index is 1.40. The van der Waals surface area contributed by atoms with Crippen LogP contribution in [-0.2, 0) is 17.8 Å². The molecule has 0 bridgehead atoms. The van der Waals surface area contributed by atoms with Crippen molar-refractivity contribution in [1.82, 2.24) is 20.1 Å². The van der Waals surface area contributed by atoms with Crippen molar-refractivity contribution in [2.24, 2.45) is 11.8 Å². The van der Waals surface area contributed by atoms with Crippen LogP contribution >= 0.6 is 11.6 Å². The van der Waals surface area contributed by atoms with Crippen molar-refractivity contribution in [3.63, 3.8) is 0 Å². The number of carbonyl (C=O) groups excluding carboxylic acids is 1. The molecule has 8 heteroatoms. The third-order valence-corrected chi connectivity index (χ3v) is 7.10. The molecule has 1 N–H and O–H groups in total. The summed E-state index contributed by atoms with van der Waals surface area (Å²) < 4.78 is 0. The van der Waals surface area contributed by atoms with Gasteiger partial charge in [-0.15, -0.1) is 0 Å². The Hall–Kier alpha value is -3.11. The largest absolute Gasteiger partial charge is 0.370 e. The Labute approximate surface area is 192 Å². The van der Waals surface area contributed by atoms with Gasteiger partial charge in [-0.2, -0.15) is 10.4 Å². The lowest BCUT2D eigenvalue weighted by atomic mass is 9.84. The van der Waals surface area contributed by atoms with Crippen molar-refractivity contribution >= 4 is 34.1 Å². The van der Waals surface area contributed by atoms with Gasteiger partial charge >= 0.3 is 0 Å². The molecule has 164 valence electrons. The van der Waals surface area contributed by atoms with Gasteiger partial charge in [0.15, 0.2) is 0 Å². The molecule has 7 nitrogen and oxygen atoms in total. The normalized spacial score (nSPS) is 20.8. The van der Waals surface area contributed by atoms with E-state index in [0.717, 1.165) is 47.2 Å². The van der Waals surface area contributed by atoms with E-state index in [9.17, 15) is 10.1 Å². The van der Waals surface area contributed by atoms with E-state index in [1.807, 2.05) is 36.2 Å². The van der Waals surface area contributed by atoms with E-state index in [-0.39, 0.29) is 17.7 Å². The molecule has 1 amide bonds. The Bertz CT molecular complexity index is 1250. The van der Waals surface area contributed by atoms with Gasteiger partial charge in [0.2, 0.25) is 5.91 Å². The van der Waals surface area contributed by atoms with Crippen molar-refractivity contribution in [3.8, 4) is 6.07 Å². The van der Waals surface area contributed by atoms with Crippen LogP contribution in [0.1, 0.15) is 35.9 Å². The highest BCUT2D eigenvalue weighted by Gasteiger charge is 2.36. The summed E-state index contributed by atoms with van der Waals surface area (Å²) in [6, 6.07) is 7.96. The number of nitriles is 1. The monoisotopic (exact) mass is 448 g/mol. The summed E-state index contributed by atoms with van der Waals surface area (Å²) in [6.45, 7) is 6.79. The van der Waals surface area contributed by atoms with E-state index in [2.05, 4.69) is 33.1 Å². The number of aromatic nitrogens is 3. The van der Waals surface area contributed by atoms with Crippen LogP contribution in [0.4, 0.5) is 5.69 Å². The Morgan fingerprint density at radius 2 is 2.19 bits per heavy atom. The van der Waals surface area contributed by atoms with Crippen molar-refractivity contribution in [3.05, 3.63) is 51.9 Å². The Morgan fingerprint density at radius 3 is 2.97 bits per heavy atom. The number of pyridine rings is 1. The number of halogens is 1. The van der Waals surface area contributed by atoms with Crippen LogP contribution in [0.25, 0.3) is 10.9 Å². The molecule has 0 unspecified atom stereocenters. The predicted molar refractivity (Wildman–Crippen MR) is 123 cm³/mol. The van der Waals surface area contributed by atoms with Gasteiger partial charge in [0.05, 0.1) is 28.7 Å². The third kappa shape index (κ3) is 3.49. The summed E-state index contributed by atoms with van der Waals surface area (Å²) >= 11 is 6.29. The van der Waals surface area contributed by atoms with Crippen molar-refractivity contribution in [2.75, 3.05) is 24.5 Å². The smallest absolute Gasteiger partial charge is 0.226 e. The molecule has 5 rings (SSSR count). The van der Waals surface area contributed by atoms with Gasteiger partial charge in [-0.3, -0.25) is 14.9 Å².